The summed E-state index contributed by atoms with van der Waals surface area (Å²) in [5.74, 6) is -2.12. The first-order chi connectivity index (χ1) is 12.4. The van der Waals surface area contributed by atoms with Crippen molar-refractivity contribution in [1.29, 1.82) is 0 Å². The fraction of sp³-hybridized carbons (Fsp3) is 0.333. The SMILES string of the molecule is CCOC(=O)CC1=c2cc3c(cc2C(=O)O1)=C(CC(=O)OCC)OC3=O. The minimum Gasteiger partial charge on any atom is -0.466 e. The highest BCUT2D eigenvalue weighted by Crippen LogP contribution is 2.19. The first-order valence-corrected chi connectivity index (χ1v) is 8.10. The van der Waals surface area contributed by atoms with Gasteiger partial charge in [-0.2, -0.15) is 0 Å². The number of rotatable bonds is 6. The lowest BCUT2D eigenvalue weighted by molar-refractivity contribution is -0.143. The maximum atomic E-state index is 12.1. The predicted octanol–water partition coefficient (Wildman–Crippen LogP) is 0.150. The van der Waals surface area contributed by atoms with E-state index in [9.17, 15) is 19.2 Å². The zero-order chi connectivity index (χ0) is 18.8. The Morgan fingerprint density at radius 2 is 1.19 bits per heavy atom. The molecule has 136 valence electrons. The molecule has 2 aliphatic heterocycles. The van der Waals surface area contributed by atoms with Gasteiger partial charge in [0.1, 0.15) is 24.4 Å². The lowest BCUT2D eigenvalue weighted by Crippen LogP contribution is -2.20. The molecule has 0 unspecified atom stereocenters. The molecule has 26 heavy (non-hydrogen) atoms. The summed E-state index contributed by atoms with van der Waals surface area (Å²) in [6.45, 7) is 3.74. The monoisotopic (exact) mass is 360 g/mol. The molecule has 3 rings (SSSR count). The summed E-state index contributed by atoms with van der Waals surface area (Å²) in [6.07, 6.45) is -0.445. The quantitative estimate of drug-likeness (QED) is 0.521. The molecule has 0 saturated heterocycles. The van der Waals surface area contributed by atoms with Crippen molar-refractivity contribution >= 4 is 35.4 Å². The van der Waals surface area contributed by atoms with Crippen molar-refractivity contribution in [2.75, 3.05) is 13.2 Å². The fourth-order valence-electron chi connectivity index (χ4n) is 2.79. The van der Waals surface area contributed by atoms with Gasteiger partial charge in [-0.1, -0.05) is 0 Å². The first kappa shape index (κ1) is 17.7. The molecule has 1 aromatic carbocycles. The number of hydrogen-bond acceptors (Lipinski definition) is 8. The van der Waals surface area contributed by atoms with E-state index in [0.717, 1.165) is 0 Å². The summed E-state index contributed by atoms with van der Waals surface area (Å²) in [5.41, 5.74) is 0.394. The normalized spacial score (nSPS) is 14.5. The molecule has 0 radical (unpaired) electrons. The van der Waals surface area contributed by atoms with Crippen molar-refractivity contribution in [3.63, 3.8) is 0 Å². The van der Waals surface area contributed by atoms with Crippen LogP contribution in [-0.2, 0) is 28.5 Å². The van der Waals surface area contributed by atoms with E-state index in [0.29, 0.717) is 10.4 Å². The minimum atomic E-state index is -0.642. The molecule has 0 amide bonds. The highest BCUT2D eigenvalue weighted by atomic mass is 16.6. The van der Waals surface area contributed by atoms with Gasteiger partial charge < -0.3 is 18.9 Å². The Hall–Kier alpha value is -3.16. The zero-order valence-electron chi connectivity index (χ0n) is 14.2. The Kier molecular flexibility index (Phi) is 4.75. The molecule has 8 heteroatoms. The number of esters is 4. The Balaban J connectivity index is 2.06. The van der Waals surface area contributed by atoms with Crippen LogP contribution in [0.15, 0.2) is 12.1 Å². The van der Waals surface area contributed by atoms with Gasteiger partial charge in [0.2, 0.25) is 0 Å². The van der Waals surface area contributed by atoms with Gasteiger partial charge in [0, 0.05) is 10.4 Å². The molecule has 0 atom stereocenters. The molecule has 8 nitrogen and oxygen atoms in total. The third-order valence-corrected chi connectivity index (χ3v) is 3.85. The second-order valence-corrected chi connectivity index (χ2v) is 5.53. The Labute approximate surface area is 148 Å². The van der Waals surface area contributed by atoms with E-state index in [4.69, 9.17) is 18.9 Å². The molecule has 0 aromatic heterocycles. The van der Waals surface area contributed by atoms with Gasteiger partial charge in [0.05, 0.1) is 24.3 Å². The second kappa shape index (κ2) is 6.99. The van der Waals surface area contributed by atoms with Crippen LogP contribution in [-0.4, -0.2) is 37.1 Å². The van der Waals surface area contributed by atoms with Crippen LogP contribution in [0.2, 0.25) is 0 Å². The maximum absolute atomic E-state index is 12.1. The van der Waals surface area contributed by atoms with Gasteiger partial charge >= 0.3 is 23.9 Å². The Bertz CT molecular complexity index is 863. The molecular formula is C18H16O8. The van der Waals surface area contributed by atoms with Crippen LogP contribution in [0.4, 0.5) is 0 Å². The van der Waals surface area contributed by atoms with Crippen LogP contribution in [0.25, 0.3) is 11.5 Å². The van der Waals surface area contributed by atoms with Crippen molar-refractivity contribution in [2.24, 2.45) is 0 Å². The number of carbonyl (C=O) groups is 4. The summed E-state index contributed by atoms with van der Waals surface area (Å²) in [6, 6.07) is 2.87. The van der Waals surface area contributed by atoms with Crippen molar-refractivity contribution < 1.29 is 38.1 Å². The van der Waals surface area contributed by atoms with Gasteiger partial charge in [-0.3, -0.25) is 9.59 Å². The van der Waals surface area contributed by atoms with Gasteiger partial charge in [0.25, 0.3) is 0 Å². The molecule has 0 N–H and O–H groups in total. The average Bonchev–Trinajstić information content (AvgIpc) is 3.04. The highest BCUT2D eigenvalue weighted by Gasteiger charge is 2.30. The number of cyclic esters (lactones) is 2. The molecule has 1 aromatic rings. The number of hydrogen-bond donors (Lipinski definition) is 0. The Morgan fingerprint density at radius 3 is 1.54 bits per heavy atom. The standard InChI is InChI=1S/C18H16O8/c1-3-23-15(19)7-13-9-5-12-10(6-11(9)17(21)25-13)14(26-18(12)22)8-16(20)24-4-2/h5-6H,3-4,7-8H2,1-2H3. The Morgan fingerprint density at radius 1 is 0.808 bits per heavy atom. The molecule has 2 heterocycles. The van der Waals surface area contributed by atoms with Gasteiger partial charge in [-0.05, 0) is 26.0 Å². The maximum Gasteiger partial charge on any atom is 0.344 e. The third kappa shape index (κ3) is 3.17. The first-order valence-electron chi connectivity index (χ1n) is 8.10. The lowest BCUT2D eigenvalue weighted by Gasteiger charge is -2.02. The van der Waals surface area contributed by atoms with E-state index in [1.807, 2.05) is 0 Å². The molecule has 0 bridgehead atoms. The van der Waals surface area contributed by atoms with Crippen LogP contribution < -0.4 is 10.4 Å². The lowest BCUT2D eigenvalue weighted by atomic mass is 10.0. The second-order valence-electron chi connectivity index (χ2n) is 5.53. The largest absolute Gasteiger partial charge is 0.466 e. The van der Waals surface area contributed by atoms with Crippen LogP contribution in [0, 0.1) is 0 Å². The van der Waals surface area contributed by atoms with Gasteiger partial charge in [-0.25, -0.2) is 9.59 Å². The van der Waals surface area contributed by atoms with Crippen molar-refractivity contribution in [2.45, 2.75) is 26.7 Å². The summed E-state index contributed by atoms with van der Waals surface area (Å²) in [5, 5.41) is 0.687. The van der Waals surface area contributed by atoms with E-state index in [-0.39, 0.29) is 48.7 Å². The number of benzene rings is 1. The molecule has 0 saturated carbocycles. The molecule has 2 aliphatic rings. The predicted molar refractivity (Wildman–Crippen MR) is 85.8 cm³/mol. The van der Waals surface area contributed by atoms with E-state index < -0.39 is 23.9 Å². The fourth-order valence-corrected chi connectivity index (χ4v) is 2.79. The van der Waals surface area contributed by atoms with Crippen LogP contribution in [0.3, 0.4) is 0 Å². The van der Waals surface area contributed by atoms with E-state index >= 15 is 0 Å². The third-order valence-electron chi connectivity index (χ3n) is 3.85. The molecular weight excluding hydrogens is 344 g/mol. The number of carbonyl (C=O) groups excluding carboxylic acids is 4. The summed E-state index contributed by atoms with van der Waals surface area (Å²) in [7, 11) is 0. The summed E-state index contributed by atoms with van der Waals surface area (Å²) < 4.78 is 20.0. The minimum absolute atomic E-state index is 0.123. The van der Waals surface area contributed by atoms with E-state index in [2.05, 4.69) is 0 Å². The number of ether oxygens (including phenoxy) is 4. The van der Waals surface area contributed by atoms with Crippen LogP contribution in [0.5, 0.6) is 0 Å². The number of fused-ring (bicyclic) bond motifs is 2. The van der Waals surface area contributed by atoms with Gasteiger partial charge in [0.15, 0.2) is 0 Å². The van der Waals surface area contributed by atoms with E-state index in [1.54, 1.807) is 13.8 Å². The van der Waals surface area contributed by atoms with Crippen molar-refractivity contribution in [1.82, 2.24) is 0 Å². The average molecular weight is 360 g/mol. The molecule has 0 aliphatic carbocycles. The zero-order valence-corrected chi connectivity index (χ0v) is 14.2. The van der Waals surface area contributed by atoms with E-state index in [1.165, 1.54) is 12.1 Å². The van der Waals surface area contributed by atoms with Crippen molar-refractivity contribution in [3.05, 3.63) is 33.7 Å². The molecule has 0 spiro atoms. The van der Waals surface area contributed by atoms with Crippen LogP contribution in [0.1, 0.15) is 47.4 Å². The molecule has 0 fully saturated rings. The van der Waals surface area contributed by atoms with Gasteiger partial charge in [-0.15, -0.1) is 0 Å². The smallest absolute Gasteiger partial charge is 0.344 e. The highest BCUT2D eigenvalue weighted by molar-refractivity contribution is 6.02. The summed E-state index contributed by atoms with van der Waals surface area (Å²) >= 11 is 0. The summed E-state index contributed by atoms with van der Waals surface area (Å²) in [4.78, 5) is 47.5. The van der Waals surface area contributed by atoms with Crippen LogP contribution >= 0.6 is 0 Å². The topological polar surface area (TPSA) is 105 Å². The van der Waals surface area contributed by atoms with Crippen molar-refractivity contribution in [3.8, 4) is 0 Å².